The number of fused-ring (bicyclic) bond motifs is 1. The molecule has 1 saturated heterocycles. The molecule has 1 fully saturated rings. The molecule has 4 rings (SSSR count). The van der Waals surface area contributed by atoms with Gasteiger partial charge in [0.2, 0.25) is 0 Å². The topological polar surface area (TPSA) is 68.3 Å². The van der Waals surface area contributed by atoms with Crippen LogP contribution in [0.2, 0.25) is 5.02 Å². The molecule has 0 unspecified atom stereocenters. The van der Waals surface area contributed by atoms with Crippen molar-refractivity contribution in [2.75, 3.05) is 32.1 Å². The number of hydrogen-bond acceptors (Lipinski definition) is 6. The third-order valence-corrected chi connectivity index (χ3v) is 5.49. The van der Waals surface area contributed by atoms with Crippen LogP contribution >= 0.6 is 11.6 Å². The summed E-state index contributed by atoms with van der Waals surface area (Å²) >= 11 is 5.68. The predicted octanol–water partition coefficient (Wildman–Crippen LogP) is 4.69. The second-order valence-electron chi connectivity index (χ2n) is 7.09. The van der Waals surface area contributed by atoms with E-state index in [0.717, 1.165) is 32.0 Å². The molecule has 3 aromatic rings. The Morgan fingerprint density at radius 2 is 1.97 bits per heavy atom. The van der Waals surface area contributed by atoms with E-state index in [0.29, 0.717) is 40.7 Å². The predicted molar refractivity (Wildman–Crippen MR) is 112 cm³/mol. The first kappa shape index (κ1) is 20.6. The Bertz CT molecular complexity index is 1060. The average molecular weight is 435 g/mol. The summed E-state index contributed by atoms with van der Waals surface area (Å²) in [6, 6.07) is 5.87. The largest absolute Gasteiger partial charge is 0.493 e. The van der Waals surface area contributed by atoms with Crippen molar-refractivity contribution in [3.63, 3.8) is 0 Å². The van der Waals surface area contributed by atoms with Gasteiger partial charge in [-0.1, -0.05) is 11.6 Å². The summed E-state index contributed by atoms with van der Waals surface area (Å²) < 4.78 is 39.3. The molecule has 0 bridgehead atoms. The van der Waals surface area contributed by atoms with Gasteiger partial charge in [-0.25, -0.2) is 18.7 Å². The van der Waals surface area contributed by atoms with Gasteiger partial charge in [0.25, 0.3) is 0 Å². The van der Waals surface area contributed by atoms with E-state index in [2.05, 4.69) is 20.6 Å². The maximum absolute atomic E-state index is 14.3. The number of aromatic nitrogens is 2. The van der Waals surface area contributed by atoms with Crippen molar-refractivity contribution in [3.8, 4) is 11.5 Å². The van der Waals surface area contributed by atoms with Crippen LogP contribution in [0.1, 0.15) is 12.8 Å². The standard InChI is InChI=1S/C21H21ClF2N4O2/c1-29-17-9-16-13(8-18(17)30-10-12-4-6-25-7-5-12)21(27-11-26-16)28-15-3-2-14(23)19(22)20(15)24/h2-3,8-9,11-12,25H,4-7,10H2,1H3,(H,26,27,28). The SMILES string of the molecule is COc1cc2ncnc(Nc3ccc(F)c(Cl)c3F)c2cc1OCC1CCNCC1. The van der Waals surface area contributed by atoms with Crippen LogP contribution in [-0.2, 0) is 0 Å². The van der Waals surface area contributed by atoms with Crippen molar-refractivity contribution in [2.24, 2.45) is 5.92 Å². The fourth-order valence-corrected chi connectivity index (χ4v) is 3.61. The molecule has 30 heavy (non-hydrogen) atoms. The average Bonchev–Trinajstić information content (AvgIpc) is 2.78. The van der Waals surface area contributed by atoms with Crippen LogP contribution in [-0.4, -0.2) is 36.8 Å². The zero-order valence-electron chi connectivity index (χ0n) is 16.3. The monoisotopic (exact) mass is 434 g/mol. The van der Waals surface area contributed by atoms with Gasteiger partial charge in [-0.3, -0.25) is 0 Å². The van der Waals surface area contributed by atoms with Crippen molar-refractivity contribution < 1.29 is 18.3 Å². The highest BCUT2D eigenvalue weighted by Gasteiger charge is 2.18. The van der Waals surface area contributed by atoms with Gasteiger partial charge < -0.3 is 20.1 Å². The van der Waals surface area contributed by atoms with Crippen molar-refractivity contribution in [3.05, 3.63) is 47.2 Å². The van der Waals surface area contributed by atoms with Crippen LogP contribution in [0.15, 0.2) is 30.6 Å². The molecule has 0 amide bonds. The highest BCUT2D eigenvalue weighted by Crippen LogP contribution is 2.36. The van der Waals surface area contributed by atoms with Gasteiger partial charge in [-0.15, -0.1) is 0 Å². The van der Waals surface area contributed by atoms with Crippen LogP contribution in [0.4, 0.5) is 20.3 Å². The molecule has 9 heteroatoms. The van der Waals surface area contributed by atoms with Crippen LogP contribution < -0.4 is 20.1 Å². The molecule has 0 radical (unpaired) electrons. The van der Waals surface area contributed by atoms with Crippen molar-refractivity contribution in [2.45, 2.75) is 12.8 Å². The van der Waals surface area contributed by atoms with E-state index < -0.39 is 16.7 Å². The molecule has 6 nitrogen and oxygen atoms in total. The van der Waals surface area contributed by atoms with Gasteiger partial charge in [-0.2, -0.15) is 0 Å². The molecule has 0 saturated carbocycles. The Labute approximate surface area is 177 Å². The van der Waals surface area contributed by atoms with E-state index in [4.69, 9.17) is 21.1 Å². The summed E-state index contributed by atoms with van der Waals surface area (Å²) in [7, 11) is 1.56. The summed E-state index contributed by atoms with van der Waals surface area (Å²) in [5.74, 6) is 0.198. The first-order valence-corrected chi connectivity index (χ1v) is 10.0. The zero-order chi connectivity index (χ0) is 21.1. The van der Waals surface area contributed by atoms with Crippen LogP contribution in [0, 0.1) is 17.6 Å². The summed E-state index contributed by atoms with van der Waals surface area (Å²) in [6.45, 7) is 2.54. The summed E-state index contributed by atoms with van der Waals surface area (Å²) in [6.07, 6.45) is 3.45. The van der Waals surface area contributed by atoms with E-state index in [1.807, 2.05) is 0 Å². The number of ether oxygens (including phenoxy) is 2. The quantitative estimate of drug-likeness (QED) is 0.548. The summed E-state index contributed by atoms with van der Waals surface area (Å²) in [4.78, 5) is 8.47. The molecular weight excluding hydrogens is 414 g/mol. The first-order chi connectivity index (χ1) is 14.6. The number of nitrogens with zero attached hydrogens (tertiary/aromatic N) is 2. The number of rotatable bonds is 6. The van der Waals surface area contributed by atoms with E-state index in [1.54, 1.807) is 19.2 Å². The second-order valence-corrected chi connectivity index (χ2v) is 7.47. The lowest BCUT2D eigenvalue weighted by molar-refractivity contribution is 0.208. The minimum absolute atomic E-state index is 0.00870. The number of piperidine rings is 1. The van der Waals surface area contributed by atoms with E-state index in [-0.39, 0.29) is 5.69 Å². The van der Waals surface area contributed by atoms with Crippen molar-refractivity contribution in [1.29, 1.82) is 0 Å². The Kier molecular flexibility index (Phi) is 6.15. The van der Waals surface area contributed by atoms with Gasteiger partial charge >= 0.3 is 0 Å². The van der Waals surface area contributed by atoms with Gasteiger partial charge in [-0.05, 0) is 50.0 Å². The summed E-state index contributed by atoms with van der Waals surface area (Å²) in [5, 5.41) is 6.24. The molecule has 0 atom stereocenters. The third-order valence-electron chi connectivity index (χ3n) is 5.14. The first-order valence-electron chi connectivity index (χ1n) is 9.63. The molecule has 0 aliphatic carbocycles. The van der Waals surface area contributed by atoms with Gasteiger partial charge in [0, 0.05) is 11.5 Å². The lowest BCUT2D eigenvalue weighted by Crippen LogP contribution is -2.30. The molecule has 1 aromatic heterocycles. The third kappa shape index (κ3) is 4.24. The minimum Gasteiger partial charge on any atom is -0.493 e. The molecular formula is C21H21ClF2N4O2. The zero-order valence-corrected chi connectivity index (χ0v) is 17.1. The maximum atomic E-state index is 14.3. The number of benzene rings is 2. The minimum atomic E-state index is -0.890. The number of nitrogens with one attached hydrogen (secondary N) is 2. The van der Waals surface area contributed by atoms with E-state index >= 15 is 0 Å². The molecule has 2 N–H and O–H groups in total. The number of anilines is 2. The molecule has 158 valence electrons. The molecule has 2 heterocycles. The van der Waals surface area contributed by atoms with Gasteiger partial charge in [0.05, 0.1) is 24.9 Å². The Morgan fingerprint density at radius 1 is 1.17 bits per heavy atom. The Morgan fingerprint density at radius 3 is 2.73 bits per heavy atom. The second kappa shape index (κ2) is 8.97. The molecule has 0 spiro atoms. The van der Waals surface area contributed by atoms with Crippen LogP contribution in [0.3, 0.4) is 0 Å². The van der Waals surface area contributed by atoms with Gasteiger partial charge in [0.15, 0.2) is 17.3 Å². The molecule has 1 aliphatic rings. The van der Waals surface area contributed by atoms with Crippen molar-refractivity contribution in [1.82, 2.24) is 15.3 Å². The number of halogens is 3. The highest BCUT2D eigenvalue weighted by molar-refractivity contribution is 6.31. The Hall–Kier alpha value is -2.71. The lowest BCUT2D eigenvalue weighted by Gasteiger charge is -2.23. The van der Waals surface area contributed by atoms with Crippen molar-refractivity contribution >= 4 is 34.0 Å². The van der Waals surface area contributed by atoms with Crippen LogP contribution in [0.25, 0.3) is 10.9 Å². The van der Waals surface area contributed by atoms with E-state index in [1.165, 1.54) is 12.4 Å². The van der Waals surface area contributed by atoms with Crippen LogP contribution in [0.5, 0.6) is 11.5 Å². The maximum Gasteiger partial charge on any atom is 0.168 e. The number of hydrogen-bond donors (Lipinski definition) is 2. The fourth-order valence-electron chi connectivity index (χ4n) is 3.44. The lowest BCUT2D eigenvalue weighted by atomic mass is 9.99. The Balaban J connectivity index is 1.66. The highest BCUT2D eigenvalue weighted by atomic mass is 35.5. The molecule has 1 aliphatic heterocycles. The summed E-state index contributed by atoms with van der Waals surface area (Å²) in [5.41, 5.74) is 0.599. The smallest absolute Gasteiger partial charge is 0.168 e. The fraction of sp³-hybridized carbons (Fsp3) is 0.333. The number of methoxy groups -OCH3 is 1. The molecule has 2 aromatic carbocycles. The normalized spacial score (nSPS) is 14.7. The van der Waals surface area contributed by atoms with Gasteiger partial charge in [0.1, 0.15) is 23.0 Å². The van der Waals surface area contributed by atoms with E-state index in [9.17, 15) is 8.78 Å².